The zero-order valence-electron chi connectivity index (χ0n) is 6.02. The van der Waals surface area contributed by atoms with Gasteiger partial charge in [0, 0.05) is 6.20 Å². The van der Waals surface area contributed by atoms with E-state index in [0.717, 1.165) is 0 Å². The highest BCUT2D eigenvalue weighted by atomic mass is 16.4. The maximum absolute atomic E-state index is 10.3. The summed E-state index contributed by atoms with van der Waals surface area (Å²) in [5, 5.41) is 19.3. The third-order valence-corrected chi connectivity index (χ3v) is 1.40. The fourth-order valence-corrected chi connectivity index (χ4v) is 0.770. The SMILES string of the molecule is O=C(O)C1=CNC(C(=O)O)C=C1. The maximum atomic E-state index is 10.3. The van der Waals surface area contributed by atoms with E-state index < -0.39 is 18.0 Å². The third kappa shape index (κ3) is 1.63. The van der Waals surface area contributed by atoms with Crippen molar-refractivity contribution in [1.82, 2.24) is 5.32 Å². The summed E-state index contributed by atoms with van der Waals surface area (Å²) in [5.74, 6) is -2.12. The first kappa shape index (κ1) is 8.32. The van der Waals surface area contributed by atoms with Crippen LogP contribution in [0.3, 0.4) is 0 Å². The number of carbonyl (C=O) groups is 2. The van der Waals surface area contributed by atoms with E-state index in [1.165, 1.54) is 18.4 Å². The maximum Gasteiger partial charge on any atom is 0.337 e. The molecule has 1 unspecified atom stereocenters. The van der Waals surface area contributed by atoms with Crippen molar-refractivity contribution in [2.75, 3.05) is 0 Å². The Labute approximate surface area is 68.0 Å². The zero-order valence-corrected chi connectivity index (χ0v) is 6.02. The van der Waals surface area contributed by atoms with Crippen molar-refractivity contribution < 1.29 is 19.8 Å². The largest absolute Gasteiger partial charge is 0.479 e. The lowest BCUT2D eigenvalue weighted by molar-refractivity contribution is -0.138. The van der Waals surface area contributed by atoms with Crippen LogP contribution in [0.25, 0.3) is 0 Å². The lowest BCUT2D eigenvalue weighted by Crippen LogP contribution is -2.33. The minimum Gasteiger partial charge on any atom is -0.479 e. The summed E-state index contributed by atoms with van der Waals surface area (Å²) in [6, 6.07) is -0.826. The number of carboxylic acids is 2. The summed E-state index contributed by atoms with van der Waals surface area (Å²) in [5.41, 5.74) is 0.0486. The van der Waals surface area contributed by atoms with Crippen LogP contribution in [-0.2, 0) is 9.59 Å². The molecule has 0 fully saturated rings. The number of nitrogens with one attached hydrogen (secondary N) is 1. The van der Waals surface area contributed by atoms with Crippen molar-refractivity contribution in [3.8, 4) is 0 Å². The van der Waals surface area contributed by atoms with Gasteiger partial charge in [-0.2, -0.15) is 0 Å². The number of dihydropyridines is 1. The summed E-state index contributed by atoms with van der Waals surface area (Å²) < 4.78 is 0. The minimum atomic E-state index is -1.08. The standard InChI is InChI=1S/C7H7NO4/c9-6(10)4-1-2-5(7(11)12)8-3-4/h1-3,5,8H,(H,9,10)(H,11,12). The van der Waals surface area contributed by atoms with E-state index in [-0.39, 0.29) is 5.57 Å². The molecule has 12 heavy (non-hydrogen) atoms. The topological polar surface area (TPSA) is 86.6 Å². The summed E-state index contributed by atoms with van der Waals surface area (Å²) in [6.07, 6.45) is 3.71. The molecule has 0 amide bonds. The van der Waals surface area contributed by atoms with Gasteiger partial charge in [0.15, 0.2) is 0 Å². The molecular weight excluding hydrogens is 162 g/mol. The number of hydrogen-bond acceptors (Lipinski definition) is 3. The molecular formula is C7H7NO4. The molecule has 0 saturated carbocycles. The van der Waals surface area contributed by atoms with Crippen LogP contribution in [0.4, 0.5) is 0 Å². The quantitative estimate of drug-likeness (QED) is 0.522. The molecule has 0 spiro atoms. The molecule has 1 heterocycles. The molecule has 0 bridgehead atoms. The van der Waals surface area contributed by atoms with Gasteiger partial charge in [0.1, 0.15) is 6.04 Å². The predicted octanol–water partition coefficient (Wildman–Crippen LogP) is -0.433. The Kier molecular flexibility index (Phi) is 2.14. The molecule has 0 aromatic carbocycles. The minimum absolute atomic E-state index is 0.0486. The van der Waals surface area contributed by atoms with Gasteiger partial charge in [0.2, 0.25) is 0 Å². The molecule has 1 aliphatic rings. The van der Waals surface area contributed by atoms with Crippen molar-refractivity contribution >= 4 is 11.9 Å². The molecule has 1 rings (SSSR count). The molecule has 64 valence electrons. The van der Waals surface area contributed by atoms with Crippen molar-refractivity contribution in [2.24, 2.45) is 0 Å². The Hall–Kier alpha value is -1.78. The van der Waals surface area contributed by atoms with E-state index in [1.807, 2.05) is 0 Å². The van der Waals surface area contributed by atoms with Crippen molar-refractivity contribution in [3.63, 3.8) is 0 Å². The van der Waals surface area contributed by atoms with Crippen LogP contribution in [0.2, 0.25) is 0 Å². The van der Waals surface area contributed by atoms with Gasteiger partial charge >= 0.3 is 11.9 Å². The van der Waals surface area contributed by atoms with Crippen LogP contribution in [-0.4, -0.2) is 28.2 Å². The van der Waals surface area contributed by atoms with E-state index in [9.17, 15) is 9.59 Å². The van der Waals surface area contributed by atoms with Crippen LogP contribution < -0.4 is 5.32 Å². The molecule has 0 aromatic rings. The Morgan fingerprint density at radius 1 is 1.42 bits per heavy atom. The van der Waals surface area contributed by atoms with Crippen molar-refractivity contribution in [1.29, 1.82) is 0 Å². The number of carboxylic acid groups (broad SMARTS) is 2. The average molecular weight is 169 g/mol. The summed E-state index contributed by atoms with van der Waals surface area (Å²) in [6.45, 7) is 0. The highest BCUT2D eigenvalue weighted by molar-refractivity contribution is 5.91. The molecule has 0 saturated heterocycles. The molecule has 0 aliphatic carbocycles. The molecule has 3 N–H and O–H groups in total. The van der Waals surface area contributed by atoms with Gasteiger partial charge in [0.05, 0.1) is 5.57 Å². The summed E-state index contributed by atoms with van der Waals surface area (Å²) >= 11 is 0. The fraction of sp³-hybridized carbons (Fsp3) is 0.143. The van der Waals surface area contributed by atoms with Gasteiger partial charge in [-0.25, -0.2) is 9.59 Å². The van der Waals surface area contributed by atoms with E-state index >= 15 is 0 Å². The predicted molar refractivity (Wildman–Crippen MR) is 39.4 cm³/mol. The van der Waals surface area contributed by atoms with E-state index in [4.69, 9.17) is 10.2 Å². The Morgan fingerprint density at radius 2 is 2.08 bits per heavy atom. The molecule has 0 aromatic heterocycles. The first-order chi connectivity index (χ1) is 5.61. The molecule has 5 heteroatoms. The van der Waals surface area contributed by atoms with Crippen LogP contribution in [0.15, 0.2) is 23.9 Å². The van der Waals surface area contributed by atoms with E-state index in [2.05, 4.69) is 5.32 Å². The Balaban J connectivity index is 2.68. The Bertz CT molecular complexity index is 279. The van der Waals surface area contributed by atoms with E-state index in [1.54, 1.807) is 0 Å². The monoisotopic (exact) mass is 169 g/mol. The van der Waals surface area contributed by atoms with Crippen molar-refractivity contribution in [2.45, 2.75) is 6.04 Å². The van der Waals surface area contributed by atoms with Gasteiger partial charge in [-0.1, -0.05) is 6.08 Å². The number of rotatable bonds is 2. The first-order valence-corrected chi connectivity index (χ1v) is 3.22. The smallest absolute Gasteiger partial charge is 0.337 e. The van der Waals surface area contributed by atoms with Crippen LogP contribution in [0.1, 0.15) is 0 Å². The second-order valence-electron chi connectivity index (χ2n) is 2.25. The zero-order chi connectivity index (χ0) is 9.14. The van der Waals surface area contributed by atoms with Crippen molar-refractivity contribution in [3.05, 3.63) is 23.9 Å². The highest BCUT2D eigenvalue weighted by Gasteiger charge is 2.16. The number of hydrogen-bond donors (Lipinski definition) is 3. The number of aliphatic carboxylic acids is 2. The lowest BCUT2D eigenvalue weighted by Gasteiger charge is -2.12. The van der Waals surface area contributed by atoms with Gasteiger partial charge in [0.25, 0.3) is 0 Å². The summed E-state index contributed by atoms with van der Waals surface area (Å²) in [4.78, 5) is 20.7. The Morgan fingerprint density at radius 3 is 2.42 bits per heavy atom. The molecule has 1 aliphatic heterocycles. The van der Waals surface area contributed by atoms with Crippen LogP contribution in [0, 0.1) is 0 Å². The fourth-order valence-electron chi connectivity index (χ4n) is 0.770. The first-order valence-electron chi connectivity index (χ1n) is 3.22. The third-order valence-electron chi connectivity index (χ3n) is 1.40. The summed E-state index contributed by atoms with van der Waals surface area (Å²) in [7, 11) is 0. The molecule has 1 atom stereocenters. The highest BCUT2D eigenvalue weighted by Crippen LogP contribution is 2.03. The normalized spacial score (nSPS) is 21.0. The van der Waals surface area contributed by atoms with Gasteiger partial charge in [-0.15, -0.1) is 0 Å². The molecule has 5 nitrogen and oxygen atoms in total. The van der Waals surface area contributed by atoms with Gasteiger partial charge in [-0.05, 0) is 6.08 Å². The van der Waals surface area contributed by atoms with Crippen LogP contribution >= 0.6 is 0 Å². The lowest BCUT2D eigenvalue weighted by atomic mass is 10.1. The van der Waals surface area contributed by atoms with Gasteiger partial charge in [-0.3, -0.25) is 0 Å². The average Bonchev–Trinajstić information content (AvgIpc) is 2.04. The second-order valence-corrected chi connectivity index (χ2v) is 2.25. The van der Waals surface area contributed by atoms with E-state index in [0.29, 0.717) is 0 Å². The molecule has 0 radical (unpaired) electrons. The second kappa shape index (κ2) is 3.08. The van der Waals surface area contributed by atoms with Gasteiger partial charge < -0.3 is 15.5 Å². The van der Waals surface area contributed by atoms with Crippen LogP contribution in [0.5, 0.6) is 0 Å².